The summed E-state index contributed by atoms with van der Waals surface area (Å²) in [5.41, 5.74) is 0.351. The van der Waals surface area contributed by atoms with Crippen LogP contribution in [-0.4, -0.2) is 48.4 Å². The molecule has 2 N–H and O–H groups in total. The smallest absolute Gasteiger partial charge is 0.170 e. The number of hydrogen-bond donors (Lipinski definition) is 2. The molecule has 116 valence electrons. The van der Waals surface area contributed by atoms with Crippen molar-refractivity contribution in [3.63, 3.8) is 0 Å². The van der Waals surface area contributed by atoms with Crippen LogP contribution in [0.5, 0.6) is 0 Å². The van der Waals surface area contributed by atoms with Gasteiger partial charge in [-0.2, -0.15) is 0 Å². The second kappa shape index (κ2) is 7.15. The number of morpholine rings is 1. The Kier molecular flexibility index (Phi) is 5.50. The van der Waals surface area contributed by atoms with Gasteiger partial charge in [0.2, 0.25) is 0 Å². The normalized spacial score (nSPS) is 16.5. The Balaban J connectivity index is 1.84. The molecule has 4 nitrogen and oxygen atoms in total. The number of halogens is 1. The van der Waals surface area contributed by atoms with E-state index in [1.165, 1.54) is 6.07 Å². The van der Waals surface area contributed by atoms with Gasteiger partial charge in [0.05, 0.1) is 18.9 Å². The first-order valence-corrected chi connectivity index (χ1v) is 7.52. The standard InChI is InChI=1S/C15H22FN3OS/c1-15(2,19-7-9-20-10-8-19)11-17-14(21)18-13-6-4-3-5-12(13)16/h3-6H,7-11H2,1-2H3,(H2,17,18,21). The average Bonchev–Trinajstić information content (AvgIpc) is 2.49. The van der Waals surface area contributed by atoms with Crippen LogP contribution in [0, 0.1) is 5.82 Å². The molecule has 0 saturated carbocycles. The molecule has 1 aliphatic rings. The van der Waals surface area contributed by atoms with Gasteiger partial charge in [0.25, 0.3) is 0 Å². The molecule has 21 heavy (non-hydrogen) atoms. The van der Waals surface area contributed by atoms with Gasteiger partial charge in [0.15, 0.2) is 5.11 Å². The van der Waals surface area contributed by atoms with E-state index in [4.69, 9.17) is 17.0 Å². The Hall–Kier alpha value is -1.24. The van der Waals surface area contributed by atoms with Crippen LogP contribution in [0.25, 0.3) is 0 Å². The minimum absolute atomic E-state index is 0.0370. The molecule has 1 aromatic rings. The maximum absolute atomic E-state index is 13.5. The van der Waals surface area contributed by atoms with E-state index >= 15 is 0 Å². The van der Waals surface area contributed by atoms with E-state index in [9.17, 15) is 4.39 Å². The third-order valence-corrected chi connectivity index (χ3v) is 3.92. The first-order chi connectivity index (χ1) is 9.99. The Morgan fingerprint density at radius 3 is 2.67 bits per heavy atom. The quantitative estimate of drug-likeness (QED) is 0.834. The predicted octanol–water partition coefficient (Wildman–Crippen LogP) is 2.22. The zero-order valence-corrected chi connectivity index (χ0v) is 13.3. The Labute approximate surface area is 130 Å². The number of hydrogen-bond acceptors (Lipinski definition) is 3. The molecule has 0 bridgehead atoms. The first-order valence-electron chi connectivity index (χ1n) is 7.11. The van der Waals surface area contributed by atoms with E-state index in [0.29, 0.717) is 17.3 Å². The minimum Gasteiger partial charge on any atom is -0.379 e. The van der Waals surface area contributed by atoms with Crippen LogP contribution in [-0.2, 0) is 4.74 Å². The van der Waals surface area contributed by atoms with Gasteiger partial charge in [0, 0.05) is 25.2 Å². The largest absolute Gasteiger partial charge is 0.379 e. The summed E-state index contributed by atoms with van der Waals surface area (Å²) >= 11 is 5.23. The van der Waals surface area contributed by atoms with Gasteiger partial charge in [-0.25, -0.2) is 4.39 Å². The van der Waals surface area contributed by atoms with Crippen LogP contribution in [0.4, 0.5) is 10.1 Å². The molecule has 0 atom stereocenters. The van der Waals surface area contributed by atoms with E-state index in [-0.39, 0.29) is 11.4 Å². The Morgan fingerprint density at radius 1 is 1.33 bits per heavy atom. The zero-order valence-electron chi connectivity index (χ0n) is 12.5. The Bertz CT molecular complexity index is 490. The molecule has 1 aromatic carbocycles. The SMILES string of the molecule is CC(C)(CNC(=S)Nc1ccccc1F)N1CCOCC1. The fourth-order valence-electron chi connectivity index (χ4n) is 2.31. The number of nitrogens with zero attached hydrogens (tertiary/aromatic N) is 1. The van der Waals surface area contributed by atoms with Crippen LogP contribution in [0.1, 0.15) is 13.8 Å². The molecule has 1 aliphatic heterocycles. The lowest BCUT2D eigenvalue weighted by molar-refractivity contribution is -0.00823. The molecule has 6 heteroatoms. The van der Waals surface area contributed by atoms with E-state index in [2.05, 4.69) is 29.4 Å². The van der Waals surface area contributed by atoms with Gasteiger partial charge in [-0.05, 0) is 38.2 Å². The van der Waals surface area contributed by atoms with Gasteiger partial charge >= 0.3 is 0 Å². The summed E-state index contributed by atoms with van der Waals surface area (Å²) in [6.07, 6.45) is 0. The van der Waals surface area contributed by atoms with Gasteiger partial charge in [0.1, 0.15) is 5.82 Å². The number of anilines is 1. The zero-order chi connectivity index (χ0) is 15.3. The summed E-state index contributed by atoms with van der Waals surface area (Å²) in [5, 5.41) is 6.49. The van der Waals surface area contributed by atoms with Crippen LogP contribution < -0.4 is 10.6 Å². The molecule has 1 heterocycles. The summed E-state index contributed by atoms with van der Waals surface area (Å²) in [4.78, 5) is 2.37. The van der Waals surface area contributed by atoms with Crippen molar-refractivity contribution < 1.29 is 9.13 Å². The van der Waals surface area contributed by atoms with Crippen LogP contribution in [0.3, 0.4) is 0 Å². The molecule has 2 rings (SSSR count). The molecule has 0 aliphatic carbocycles. The van der Waals surface area contributed by atoms with Gasteiger partial charge in [-0.1, -0.05) is 12.1 Å². The third-order valence-electron chi connectivity index (χ3n) is 3.67. The van der Waals surface area contributed by atoms with Crippen molar-refractivity contribution >= 4 is 23.0 Å². The minimum atomic E-state index is -0.311. The van der Waals surface area contributed by atoms with Crippen molar-refractivity contribution in [2.45, 2.75) is 19.4 Å². The van der Waals surface area contributed by atoms with E-state index in [0.717, 1.165) is 26.3 Å². The van der Waals surface area contributed by atoms with Crippen molar-refractivity contribution in [2.75, 3.05) is 38.2 Å². The lowest BCUT2D eigenvalue weighted by Gasteiger charge is -2.41. The van der Waals surface area contributed by atoms with Gasteiger partial charge in [-0.15, -0.1) is 0 Å². The maximum atomic E-state index is 13.5. The highest BCUT2D eigenvalue weighted by Crippen LogP contribution is 2.16. The van der Waals surface area contributed by atoms with Crippen LogP contribution >= 0.6 is 12.2 Å². The maximum Gasteiger partial charge on any atom is 0.170 e. The van der Waals surface area contributed by atoms with Crippen molar-refractivity contribution in [1.82, 2.24) is 10.2 Å². The fourth-order valence-corrected chi connectivity index (χ4v) is 2.49. The lowest BCUT2D eigenvalue weighted by atomic mass is 10.0. The third kappa shape index (κ3) is 4.62. The highest BCUT2D eigenvalue weighted by atomic mass is 32.1. The number of para-hydroxylation sites is 1. The summed E-state index contributed by atoms with van der Waals surface area (Å²) in [6, 6.07) is 6.49. The second-order valence-corrected chi connectivity index (χ2v) is 6.11. The van der Waals surface area contributed by atoms with Gasteiger partial charge < -0.3 is 15.4 Å². The summed E-state index contributed by atoms with van der Waals surface area (Å²) in [7, 11) is 0. The number of rotatable bonds is 4. The predicted molar refractivity (Wildman–Crippen MR) is 87.1 cm³/mol. The number of nitrogens with one attached hydrogen (secondary N) is 2. The highest BCUT2D eigenvalue weighted by molar-refractivity contribution is 7.80. The van der Waals surface area contributed by atoms with Crippen molar-refractivity contribution in [2.24, 2.45) is 0 Å². The second-order valence-electron chi connectivity index (χ2n) is 5.70. The fraction of sp³-hybridized carbons (Fsp3) is 0.533. The average molecular weight is 311 g/mol. The van der Waals surface area contributed by atoms with Crippen LogP contribution in [0.15, 0.2) is 24.3 Å². The van der Waals surface area contributed by atoms with Crippen molar-refractivity contribution in [3.8, 4) is 0 Å². The molecule has 1 fully saturated rings. The van der Waals surface area contributed by atoms with E-state index in [1.54, 1.807) is 18.2 Å². The molecule has 0 radical (unpaired) electrons. The molecular formula is C15H22FN3OS. The number of thiocarbonyl (C=S) groups is 1. The lowest BCUT2D eigenvalue weighted by Crippen LogP contribution is -2.55. The van der Waals surface area contributed by atoms with Crippen molar-refractivity contribution in [3.05, 3.63) is 30.1 Å². The molecular weight excluding hydrogens is 289 g/mol. The summed E-state index contributed by atoms with van der Waals surface area (Å²) in [5.74, 6) is -0.311. The topological polar surface area (TPSA) is 36.5 Å². The Morgan fingerprint density at radius 2 is 2.00 bits per heavy atom. The molecule has 1 saturated heterocycles. The molecule has 0 amide bonds. The van der Waals surface area contributed by atoms with Gasteiger partial charge in [-0.3, -0.25) is 4.90 Å². The first kappa shape index (κ1) is 16.1. The molecule has 0 spiro atoms. The van der Waals surface area contributed by atoms with Crippen molar-refractivity contribution in [1.29, 1.82) is 0 Å². The highest BCUT2D eigenvalue weighted by Gasteiger charge is 2.28. The van der Waals surface area contributed by atoms with Crippen LogP contribution in [0.2, 0.25) is 0 Å². The van der Waals surface area contributed by atoms with E-state index in [1.807, 2.05) is 0 Å². The number of benzene rings is 1. The monoisotopic (exact) mass is 311 g/mol. The van der Waals surface area contributed by atoms with E-state index < -0.39 is 0 Å². The summed E-state index contributed by atoms with van der Waals surface area (Å²) in [6.45, 7) is 8.38. The summed E-state index contributed by atoms with van der Waals surface area (Å²) < 4.78 is 18.9. The number of ether oxygens (including phenoxy) is 1. The molecule has 0 unspecified atom stereocenters. The molecule has 0 aromatic heterocycles.